The molecule has 1 aliphatic rings. The van der Waals surface area contributed by atoms with Crippen LogP contribution in [0.15, 0.2) is 8.68 Å². The van der Waals surface area contributed by atoms with Crippen molar-refractivity contribution in [1.29, 1.82) is 0 Å². The smallest absolute Gasteiger partial charge is 0.175 e. The molecular weight excluding hydrogens is 260 g/mol. The molecule has 0 unspecified atom stereocenters. The third-order valence-corrected chi connectivity index (χ3v) is 5.53. The van der Waals surface area contributed by atoms with Gasteiger partial charge in [0.1, 0.15) is 0 Å². The zero-order valence-electron chi connectivity index (χ0n) is 9.35. The fraction of sp³-hybridized carbons (Fsp3) is 0.800. The van der Waals surface area contributed by atoms with Crippen LogP contribution in [0.3, 0.4) is 0 Å². The Morgan fingerprint density at radius 2 is 2.12 bits per heavy atom. The first-order chi connectivity index (χ1) is 7.88. The summed E-state index contributed by atoms with van der Waals surface area (Å²) in [6, 6.07) is 0. The Labute approximate surface area is 109 Å². The standard InChI is InChI=1S/C10H16N2OS3/c1-2-14-9-11-12-10(16-9)15-7-8-5-3-4-6-13-8/h8H,2-7H2,1H3/t8-/m1/s1. The second-order valence-corrected chi connectivity index (χ2v) is 7.32. The molecule has 0 bridgehead atoms. The summed E-state index contributed by atoms with van der Waals surface area (Å²) in [6.07, 6.45) is 4.14. The minimum Gasteiger partial charge on any atom is -0.377 e. The average molecular weight is 276 g/mol. The van der Waals surface area contributed by atoms with E-state index >= 15 is 0 Å². The fourth-order valence-corrected chi connectivity index (χ4v) is 4.55. The average Bonchev–Trinajstić information content (AvgIpc) is 2.76. The molecular formula is C10H16N2OS3. The maximum atomic E-state index is 5.68. The van der Waals surface area contributed by atoms with Gasteiger partial charge < -0.3 is 4.74 Å². The van der Waals surface area contributed by atoms with E-state index in [4.69, 9.17) is 4.74 Å². The number of aromatic nitrogens is 2. The Morgan fingerprint density at radius 3 is 2.81 bits per heavy atom. The van der Waals surface area contributed by atoms with Crippen LogP contribution in [0.2, 0.25) is 0 Å². The maximum Gasteiger partial charge on any atom is 0.175 e. The molecule has 1 aromatic rings. The predicted octanol–water partition coefficient (Wildman–Crippen LogP) is 3.31. The molecule has 1 fully saturated rings. The molecule has 2 heterocycles. The topological polar surface area (TPSA) is 35.0 Å². The molecule has 2 rings (SSSR count). The number of thioether (sulfide) groups is 2. The molecule has 0 N–H and O–H groups in total. The predicted molar refractivity (Wildman–Crippen MR) is 70.6 cm³/mol. The first kappa shape index (κ1) is 12.7. The molecule has 90 valence electrons. The summed E-state index contributed by atoms with van der Waals surface area (Å²) in [5.74, 6) is 2.08. The highest BCUT2D eigenvalue weighted by molar-refractivity contribution is 8.03. The third-order valence-electron chi connectivity index (χ3n) is 2.32. The first-order valence-corrected chi connectivity index (χ1v) is 8.38. The summed E-state index contributed by atoms with van der Waals surface area (Å²) in [5, 5.41) is 8.31. The largest absolute Gasteiger partial charge is 0.377 e. The summed E-state index contributed by atoms with van der Waals surface area (Å²) in [5.41, 5.74) is 0. The van der Waals surface area contributed by atoms with E-state index in [1.165, 1.54) is 19.3 Å². The normalized spacial score (nSPS) is 21.2. The lowest BCUT2D eigenvalue weighted by Gasteiger charge is -2.21. The van der Waals surface area contributed by atoms with E-state index in [-0.39, 0.29) is 0 Å². The van der Waals surface area contributed by atoms with Crippen LogP contribution in [-0.4, -0.2) is 34.4 Å². The van der Waals surface area contributed by atoms with E-state index in [1.807, 2.05) is 0 Å². The van der Waals surface area contributed by atoms with E-state index in [1.54, 1.807) is 34.9 Å². The molecule has 0 aromatic carbocycles. The van der Waals surface area contributed by atoms with Gasteiger partial charge in [-0.2, -0.15) is 0 Å². The number of hydrogen-bond donors (Lipinski definition) is 0. The van der Waals surface area contributed by atoms with Crippen molar-refractivity contribution < 1.29 is 4.74 Å². The summed E-state index contributed by atoms with van der Waals surface area (Å²) >= 11 is 5.23. The van der Waals surface area contributed by atoms with Crippen molar-refractivity contribution in [3.63, 3.8) is 0 Å². The van der Waals surface area contributed by atoms with Crippen LogP contribution in [0.1, 0.15) is 26.2 Å². The molecule has 1 saturated heterocycles. The van der Waals surface area contributed by atoms with Crippen molar-refractivity contribution in [2.45, 2.75) is 41.0 Å². The van der Waals surface area contributed by atoms with Gasteiger partial charge in [0.05, 0.1) is 6.10 Å². The van der Waals surface area contributed by atoms with Gasteiger partial charge in [0, 0.05) is 12.4 Å². The summed E-state index contributed by atoms with van der Waals surface area (Å²) < 4.78 is 7.84. The van der Waals surface area contributed by atoms with Gasteiger partial charge >= 0.3 is 0 Å². The van der Waals surface area contributed by atoms with E-state index in [2.05, 4.69) is 17.1 Å². The number of nitrogens with zero attached hydrogens (tertiary/aromatic N) is 2. The highest BCUT2D eigenvalue weighted by Crippen LogP contribution is 2.30. The molecule has 0 saturated carbocycles. The van der Waals surface area contributed by atoms with Crippen molar-refractivity contribution in [3.05, 3.63) is 0 Å². The first-order valence-electron chi connectivity index (χ1n) is 5.59. The van der Waals surface area contributed by atoms with Gasteiger partial charge in [-0.15, -0.1) is 10.2 Å². The Balaban J connectivity index is 1.75. The minimum absolute atomic E-state index is 0.421. The molecule has 0 spiro atoms. The van der Waals surface area contributed by atoms with E-state index in [9.17, 15) is 0 Å². The maximum absolute atomic E-state index is 5.68. The quantitative estimate of drug-likeness (QED) is 0.771. The second kappa shape index (κ2) is 6.83. The lowest BCUT2D eigenvalue weighted by atomic mass is 10.1. The summed E-state index contributed by atoms with van der Waals surface area (Å²) in [4.78, 5) is 0. The van der Waals surface area contributed by atoms with Crippen molar-refractivity contribution in [2.75, 3.05) is 18.1 Å². The van der Waals surface area contributed by atoms with E-state index < -0.39 is 0 Å². The zero-order valence-corrected chi connectivity index (χ0v) is 11.8. The highest BCUT2D eigenvalue weighted by atomic mass is 32.2. The molecule has 1 aliphatic heterocycles. The van der Waals surface area contributed by atoms with Crippen LogP contribution in [-0.2, 0) is 4.74 Å². The van der Waals surface area contributed by atoms with Gasteiger partial charge in [-0.25, -0.2) is 0 Å². The molecule has 1 atom stereocenters. The van der Waals surface area contributed by atoms with Crippen LogP contribution in [0, 0.1) is 0 Å². The van der Waals surface area contributed by atoms with Gasteiger partial charge in [-0.3, -0.25) is 0 Å². The lowest BCUT2D eigenvalue weighted by molar-refractivity contribution is 0.0315. The Bertz CT molecular complexity index is 313. The summed E-state index contributed by atoms with van der Waals surface area (Å²) in [6.45, 7) is 3.06. The highest BCUT2D eigenvalue weighted by Gasteiger charge is 2.15. The lowest BCUT2D eigenvalue weighted by Crippen LogP contribution is -2.21. The Morgan fingerprint density at radius 1 is 1.31 bits per heavy atom. The molecule has 16 heavy (non-hydrogen) atoms. The Kier molecular flexibility index (Phi) is 5.41. The number of rotatable bonds is 5. The summed E-state index contributed by atoms with van der Waals surface area (Å²) in [7, 11) is 0. The molecule has 0 amide bonds. The number of hydrogen-bond acceptors (Lipinski definition) is 6. The van der Waals surface area contributed by atoms with Crippen LogP contribution in [0.4, 0.5) is 0 Å². The van der Waals surface area contributed by atoms with Crippen molar-refractivity contribution in [1.82, 2.24) is 10.2 Å². The van der Waals surface area contributed by atoms with Crippen molar-refractivity contribution in [3.8, 4) is 0 Å². The van der Waals surface area contributed by atoms with Gasteiger partial charge in [0.25, 0.3) is 0 Å². The van der Waals surface area contributed by atoms with Crippen LogP contribution < -0.4 is 0 Å². The van der Waals surface area contributed by atoms with Crippen molar-refractivity contribution >= 4 is 34.9 Å². The van der Waals surface area contributed by atoms with Gasteiger partial charge in [0.15, 0.2) is 8.68 Å². The zero-order chi connectivity index (χ0) is 11.2. The molecule has 6 heteroatoms. The second-order valence-electron chi connectivity index (χ2n) is 3.57. The van der Waals surface area contributed by atoms with Crippen LogP contribution in [0.5, 0.6) is 0 Å². The van der Waals surface area contributed by atoms with Crippen LogP contribution >= 0.6 is 34.9 Å². The Hall–Kier alpha value is 0.220. The molecule has 1 aromatic heterocycles. The van der Waals surface area contributed by atoms with Gasteiger partial charge in [0.2, 0.25) is 0 Å². The molecule has 3 nitrogen and oxygen atoms in total. The van der Waals surface area contributed by atoms with Gasteiger partial charge in [-0.1, -0.05) is 41.8 Å². The van der Waals surface area contributed by atoms with Crippen LogP contribution in [0.25, 0.3) is 0 Å². The SMILES string of the molecule is CCSc1nnc(SC[C@H]2CCCCO2)s1. The third kappa shape index (κ3) is 3.91. The van der Waals surface area contributed by atoms with Gasteiger partial charge in [-0.05, 0) is 25.0 Å². The van der Waals surface area contributed by atoms with Crippen molar-refractivity contribution in [2.24, 2.45) is 0 Å². The molecule has 0 aliphatic carbocycles. The fourth-order valence-electron chi connectivity index (χ4n) is 1.54. The number of ether oxygens (including phenoxy) is 1. The van der Waals surface area contributed by atoms with E-state index in [0.29, 0.717) is 6.10 Å². The molecule has 0 radical (unpaired) electrons. The minimum atomic E-state index is 0.421. The monoisotopic (exact) mass is 276 g/mol. The van der Waals surface area contributed by atoms with E-state index in [0.717, 1.165) is 26.8 Å².